The summed E-state index contributed by atoms with van der Waals surface area (Å²) in [7, 11) is 12.9. The third kappa shape index (κ3) is 15.0. The van der Waals surface area contributed by atoms with Gasteiger partial charge in [-0.3, -0.25) is 0 Å². The van der Waals surface area contributed by atoms with Gasteiger partial charge >= 0.3 is 0 Å². The number of hydrogen-bond acceptors (Lipinski definition) is 0. The minimum absolute atomic E-state index is 0.913. The zero-order valence-corrected chi connectivity index (χ0v) is 12.4. The number of unbranched alkanes of at least 4 members (excludes halogenated alkanes) is 2. The van der Waals surface area contributed by atoms with E-state index >= 15 is 0 Å². The predicted octanol–water partition coefficient (Wildman–Crippen LogP) is 1.58. The van der Waals surface area contributed by atoms with Crippen molar-refractivity contribution in [3.63, 3.8) is 0 Å². The molecule has 0 aromatic heterocycles. The molecule has 0 saturated heterocycles. The summed E-state index contributed by atoms with van der Waals surface area (Å²) in [5, 5.41) is 0. The lowest BCUT2D eigenvalue weighted by Gasteiger charge is -2.20. The average Bonchev–Trinajstić information content (AvgIpc) is 2.11. The molecule has 96 valence electrons. The van der Waals surface area contributed by atoms with Gasteiger partial charge in [0, 0.05) is 12.8 Å². The van der Waals surface area contributed by atoms with Crippen LogP contribution in [0, 0.1) is 23.7 Å². The third-order valence-electron chi connectivity index (χ3n) is 1.96. The lowest BCUT2D eigenvalue weighted by atomic mass is 10.2. The highest BCUT2D eigenvalue weighted by molar-refractivity contribution is 5.02. The quantitative estimate of drug-likeness (QED) is 0.395. The van der Waals surface area contributed by atoms with Crippen molar-refractivity contribution >= 4 is 0 Å². The second-order valence-electron chi connectivity index (χ2n) is 6.46. The number of hydrogen-bond donors (Lipinski definition) is 0. The van der Waals surface area contributed by atoms with Crippen molar-refractivity contribution in [3.05, 3.63) is 0 Å². The van der Waals surface area contributed by atoms with Crippen LogP contribution in [0.5, 0.6) is 0 Å². The smallest absolute Gasteiger partial charge is 0.140 e. The van der Waals surface area contributed by atoms with Gasteiger partial charge in [0.2, 0.25) is 0 Å². The molecule has 0 aliphatic carbocycles. The minimum Gasteiger partial charge on any atom is -0.321 e. The summed E-state index contributed by atoms with van der Waals surface area (Å²) >= 11 is 0. The van der Waals surface area contributed by atoms with Gasteiger partial charge in [0.1, 0.15) is 13.1 Å². The van der Waals surface area contributed by atoms with Gasteiger partial charge < -0.3 is 8.97 Å². The van der Waals surface area contributed by atoms with Crippen LogP contribution in [-0.2, 0) is 0 Å². The maximum atomic E-state index is 3.21. The van der Waals surface area contributed by atoms with Crippen molar-refractivity contribution in [3.8, 4) is 23.7 Å². The molecule has 0 bridgehead atoms. The van der Waals surface area contributed by atoms with Crippen LogP contribution < -0.4 is 0 Å². The van der Waals surface area contributed by atoms with Gasteiger partial charge in [0.05, 0.1) is 42.3 Å². The van der Waals surface area contributed by atoms with E-state index in [0.29, 0.717) is 0 Å². The van der Waals surface area contributed by atoms with E-state index in [1.165, 1.54) is 0 Å². The number of quaternary nitrogens is 2. The Balaban J connectivity index is 3.59. The summed E-state index contributed by atoms with van der Waals surface area (Å²) in [6, 6.07) is 0. The van der Waals surface area contributed by atoms with E-state index in [0.717, 1.165) is 41.3 Å². The van der Waals surface area contributed by atoms with Gasteiger partial charge in [0.25, 0.3) is 0 Å². The second kappa shape index (κ2) is 7.38. The van der Waals surface area contributed by atoms with Crippen LogP contribution in [0.3, 0.4) is 0 Å². The molecular formula is C15H28N2+2. The molecule has 0 rings (SSSR count). The molecule has 0 aromatic carbocycles. The lowest BCUT2D eigenvalue weighted by Crippen LogP contribution is -2.34. The number of rotatable bonds is 4. The summed E-state index contributed by atoms with van der Waals surface area (Å²) in [5.41, 5.74) is 0. The minimum atomic E-state index is 0.913. The summed E-state index contributed by atoms with van der Waals surface area (Å²) in [4.78, 5) is 0. The van der Waals surface area contributed by atoms with E-state index in [1.807, 2.05) is 0 Å². The van der Waals surface area contributed by atoms with Gasteiger partial charge in [-0.15, -0.1) is 0 Å². The summed E-state index contributed by atoms with van der Waals surface area (Å²) in [6.07, 6.45) is 3.03. The molecule has 0 heterocycles. The zero-order valence-electron chi connectivity index (χ0n) is 12.4. The highest BCUT2D eigenvalue weighted by atomic mass is 15.3. The predicted molar refractivity (Wildman–Crippen MR) is 75.2 cm³/mol. The van der Waals surface area contributed by atoms with E-state index in [1.54, 1.807) is 0 Å². The highest BCUT2D eigenvalue weighted by Crippen LogP contribution is 1.93. The summed E-state index contributed by atoms with van der Waals surface area (Å²) in [5.74, 6) is 12.8. The van der Waals surface area contributed by atoms with Gasteiger partial charge in [0.15, 0.2) is 0 Å². The fourth-order valence-electron chi connectivity index (χ4n) is 1.03. The highest BCUT2D eigenvalue weighted by Gasteiger charge is 2.01. The summed E-state index contributed by atoms with van der Waals surface area (Å²) < 4.78 is 1.83. The van der Waals surface area contributed by atoms with Crippen molar-refractivity contribution in [2.45, 2.75) is 19.3 Å². The molecule has 0 saturated carbocycles. The van der Waals surface area contributed by atoms with E-state index < -0.39 is 0 Å². The van der Waals surface area contributed by atoms with Crippen molar-refractivity contribution in [2.24, 2.45) is 0 Å². The Hall–Kier alpha value is -0.960. The molecule has 2 heteroatoms. The Labute approximate surface area is 108 Å². The fourth-order valence-corrected chi connectivity index (χ4v) is 1.03. The molecule has 0 radical (unpaired) electrons. The summed E-state index contributed by atoms with van der Waals surface area (Å²) in [6.45, 7) is 1.85. The Kier molecular flexibility index (Phi) is 6.97. The van der Waals surface area contributed by atoms with Crippen LogP contribution in [0.25, 0.3) is 0 Å². The zero-order chi connectivity index (χ0) is 13.4. The largest absolute Gasteiger partial charge is 0.321 e. The SMILES string of the molecule is C[N+](C)(C)CC#CCCCC#CC[N+](C)(C)C. The van der Waals surface area contributed by atoms with Gasteiger partial charge in [-0.05, 0) is 18.3 Å². The molecule has 0 N–H and O–H groups in total. The normalized spacial score (nSPS) is 11.2. The van der Waals surface area contributed by atoms with Crippen molar-refractivity contribution in [1.82, 2.24) is 0 Å². The molecule has 17 heavy (non-hydrogen) atoms. The first kappa shape index (κ1) is 16.0. The molecule has 0 aliphatic heterocycles. The molecule has 0 aliphatic rings. The Morgan fingerprint density at radius 2 is 0.941 bits per heavy atom. The first-order valence-corrected chi connectivity index (χ1v) is 6.23. The first-order chi connectivity index (χ1) is 7.71. The maximum Gasteiger partial charge on any atom is 0.140 e. The van der Waals surface area contributed by atoms with E-state index in [4.69, 9.17) is 0 Å². The molecule has 0 aromatic rings. The van der Waals surface area contributed by atoms with Gasteiger partial charge in [-0.2, -0.15) is 0 Å². The van der Waals surface area contributed by atoms with Crippen molar-refractivity contribution < 1.29 is 8.97 Å². The molecular weight excluding hydrogens is 208 g/mol. The lowest BCUT2D eigenvalue weighted by molar-refractivity contribution is -0.862. The molecule has 0 spiro atoms. The van der Waals surface area contributed by atoms with Crippen LogP contribution in [0.15, 0.2) is 0 Å². The van der Waals surface area contributed by atoms with Crippen LogP contribution in [0.2, 0.25) is 0 Å². The first-order valence-electron chi connectivity index (χ1n) is 6.23. The van der Waals surface area contributed by atoms with Crippen LogP contribution >= 0.6 is 0 Å². The van der Waals surface area contributed by atoms with Crippen LogP contribution in [0.4, 0.5) is 0 Å². The van der Waals surface area contributed by atoms with Crippen molar-refractivity contribution in [2.75, 3.05) is 55.4 Å². The Morgan fingerprint density at radius 1 is 0.588 bits per heavy atom. The second-order valence-corrected chi connectivity index (χ2v) is 6.46. The van der Waals surface area contributed by atoms with E-state index in [-0.39, 0.29) is 0 Å². The average molecular weight is 236 g/mol. The standard InChI is InChI=1S/C15H28N2/c1-16(2,3)14-12-10-8-7-9-11-13-15-17(4,5)6/h7-9,14-15H2,1-6H3/q+2. The Morgan fingerprint density at radius 3 is 1.24 bits per heavy atom. The van der Waals surface area contributed by atoms with Crippen molar-refractivity contribution in [1.29, 1.82) is 0 Å². The molecule has 0 atom stereocenters. The van der Waals surface area contributed by atoms with E-state index in [9.17, 15) is 0 Å². The third-order valence-corrected chi connectivity index (χ3v) is 1.96. The van der Waals surface area contributed by atoms with Gasteiger partial charge in [-0.1, -0.05) is 11.8 Å². The molecule has 2 nitrogen and oxygen atoms in total. The monoisotopic (exact) mass is 236 g/mol. The van der Waals surface area contributed by atoms with Crippen LogP contribution in [-0.4, -0.2) is 64.3 Å². The maximum absolute atomic E-state index is 3.21. The molecule has 0 unspecified atom stereocenters. The molecule has 0 fully saturated rings. The van der Waals surface area contributed by atoms with Crippen LogP contribution in [0.1, 0.15) is 19.3 Å². The topological polar surface area (TPSA) is 0 Å². The fraction of sp³-hybridized carbons (Fsp3) is 0.733. The van der Waals surface area contributed by atoms with Gasteiger partial charge in [-0.25, -0.2) is 0 Å². The Bertz CT molecular complexity index is 286. The number of nitrogens with zero attached hydrogens (tertiary/aromatic N) is 2. The molecule has 0 amide bonds. The van der Waals surface area contributed by atoms with E-state index in [2.05, 4.69) is 66.0 Å².